The molecule has 1 N–H and O–H groups in total. The van der Waals surface area contributed by atoms with Crippen LogP contribution in [0.5, 0.6) is 0 Å². The monoisotopic (exact) mass is 266 g/mol. The van der Waals surface area contributed by atoms with Crippen LogP contribution in [-0.4, -0.2) is 20.9 Å². The van der Waals surface area contributed by atoms with Crippen LogP contribution < -0.4 is 0 Å². The van der Waals surface area contributed by atoms with Gasteiger partial charge >= 0.3 is 5.97 Å². The van der Waals surface area contributed by atoms with Gasteiger partial charge in [0.25, 0.3) is 0 Å². The van der Waals surface area contributed by atoms with Crippen LogP contribution in [-0.2, 0) is 7.05 Å². The molecule has 0 spiro atoms. The maximum absolute atomic E-state index is 11.3. The first-order valence-electron chi connectivity index (χ1n) is 6.32. The van der Waals surface area contributed by atoms with Crippen molar-refractivity contribution in [2.75, 3.05) is 0 Å². The summed E-state index contributed by atoms with van der Waals surface area (Å²) >= 11 is 0. The summed E-state index contributed by atoms with van der Waals surface area (Å²) < 4.78 is 1.53. The molecule has 100 valence electrons. The Morgan fingerprint density at radius 2 is 1.85 bits per heavy atom. The maximum atomic E-state index is 11.3. The molecule has 0 aliphatic carbocycles. The van der Waals surface area contributed by atoms with E-state index in [9.17, 15) is 9.90 Å². The van der Waals surface area contributed by atoms with Crippen molar-refractivity contribution in [3.8, 4) is 11.3 Å². The van der Waals surface area contributed by atoms with Crippen molar-refractivity contribution in [3.05, 3.63) is 53.7 Å². The zero-order valence-electron chi connectivity index (χ0n) is 11.3. The molecular weight excluding hydrogens is 252 g/mol. The summed E-state index contributed by atoms with van der Waals surface area (Å²) in [6, 6.07) is 12.1. The Hall–Kier alpha value is -2.62. The second-order valence-electron chi connectivity index (χ2n) is 4.94. The van der Waals surface area contributed by atoms with Crippen LogP contribution in [0.3, 0.4) is 0 Å². The van der Waals surface area contributed by atoms with E-state index in [0.717, 1.165) is 16.3 Å². The lowest BCUT2D eigenvalue weighted by atomic mass is 10.0. The minimum Gasteiger partial charge on any atom is -0.478 e. The van der Waals surface area contributed by atoms with E-state index in [1.165, 1.54) is 16.4 Å². The van der Waals surface area contributed by atoms with Gasteiger partial charge in [0.15, 0.2) is 0 Å². The van der Waals surface area contributed by atoms with Gasteiger partial charge in [-0.3, -0.25) is 4.68 Å². The zero-order chi connectivity index (χ0) is 14.3. The molecule has 3 rings (SSSR count). The third-order valence-electron chi connectivity index (χ3n) is 3.33. The number of nitrogens with zero attached hydrogens (tertiary/aromatic N) is 2. The van der Waals surface area contributed by atoms with Crippen molar-refractivity contribution >= 4 is 16.7 Å². The summed E-state index contributed by atoms with van der Waals surface area (Å²) in [5, 5.41) is 15.7. The SMILES string of the molecule is Cc1ccc2cc(-c3nn(C)cc3C(=O)O)ccc2c1. The molecule has 20 heavy (non-hydrogen) atoms. The highest BCUT2D eigenvalue weighted by molar-refractivity contribution is 5.96. The number of aromatic nitrogens is 2. The second kappa shape index (κ2) is 4.49. The first-order valence-corrected chi connectivity index (χ1v) is 6.32. The van der Waals surface area contributed by atoms with Gasteiger partial charge in [-0.25, -0.2) is 4.79 Å². The average molecular weight is 266 g/mol. The molecule has 0 amide bonds. The summed E-state index contributed by atoms with van der Waals surface area (Å²) in [5.41, 5.74) is 2.75. The Morgan fingerprint density at radius 1 is 1.15 bits per heavy atom. The topological polar surface area (TPSA) is 55.1 Å². The van der Waals surface area contributed by atoms with Gasteiger partial charge in [-0.15, -0.1) is 0 Å². The largest absolute Gasteiger partial charge is 0.478 e. The lowest BCUT2D eigenvalue weighted by molar-refractivity contribution is 0.0697. The summed E-state index contributed by atoms with van der Waals surface area (Å²) in [6.07, 6.45) is 1.52. The Bertz CT molecular complexity index is 818. The van der Waals surface area contributed by atoms with E-state index in [1.54, 1.807) is 7.05 Å². The molecule has 0 aliphatic heterocycles. The van der Waals surface area contributed by atoms with E-state index in [4.69, 9.17) is 0 Å². The minimum atomic E-state index is -0.961. The molecule has 0 radical (unpaired) electrons. The van der Waals surface area contributed by atoms with Crippen LogP contribution in [0.4, 0.5) is 0 Å². The molecule has 4 nitrogen and oxygen atoms in total. The second-order valence-corrected chi connectivity index (χ2v) is 4.94. The lowest BCUT2D eigenvalue weighted by Crippen LogP contribution is -1.96. The molecule has 0 atom stereocenters. The molecule has 3 aromatic rings. The summed E-state index contributed by atoms with van der Waals surface area (Å²) in [4.78, 5) is 11.3. The first kappa shape index (κ1) is 12.4. The van der Waals surface area contributed by atoms with E-state index in [-0.39, 0.29) is 5.56 Å². The van der Waals surface area contributed by atoms with Crippen LogP contribution in [0.2, 0.25) is 0 Å². The number of carbonyl (C=O) groups is 1. The smallest absolute Gasteiger partial charge is 0.339 e. The molecule has 0 unspecified atom stereocenters. The van der Waals surface area contributed by atoms with Crippen molar-refractivity contribution in [2.45, 2.75) is 6.92 Å². The number of aryl methyl sites for hydroxylation is 2. The number of carboxylic acid groups (broad SMARTS) is 1. The molecule has 1 heterocycles. The molecular formula is C16H14N2O2. The first-order chi connectivity index (χ1) is 9.54. The van der Waals surface area contributed by atoms with Gasteiger partial charge < -0.3 is 5.11 Å². The molecule has 4 heteroatoms. The van der Waals surface area contributed by atoms with E-state index in [0.29, 0.717) is 5.69 Å². The molecule has 0 fully saturated rings. The van der Waals surface area contributed by atoms with Gasteiger partial charge in [0.05, 0.1) is 0 Å². The summed E-state index contributed by atoms with van der Waals surface area (Å²) in [7, 11) is 1.72. The fourth-order valence-corrected chi connectivity index (χ4v) is 2.37. The highest BCUT2D eigenvalue weighted by Gasteiger charge is 2.16. The van der Waals surface area contributed by atoms with Crippen molar-refractivity contribution in [2.24, 2.45) is 7.05 Å². The standard InChI is InChI=1S/C16H14N2O2/c1-10-3-4-12-8-13(6-5-11(12)7-10)15-14(16(19)20)9-18(2)17-15/h3-9H,1-2H3,(H,19,20). The Kier molecular flexibility index (Phi) is 2.79. The quantitative estimate of drug-likeness (QED) is 0.774. The maximum Gasteiger partial charge on any atom is 0.339 e. The highest BCUT2D eigenvalue weighted by atomic mass is 16.4. The third-order valence-corrected chi connectivity index (χ3v) is 3.33. The lowest BCUT2D eigenvalue weighted by Gasteiger charge is -2.03. The Balaban J connectivity index is 2.20. The molecule has 0 aliphatic rings. The fourth-order valence-electron chi connectivity index (χ4n) is 2.37. The predicted molar refractivity (Wildman–Crippen MR) is 77.8 cm³/mol. The highest BCUT2D eigenvalue weighted by Crippen LogP contribution is 2.26. The van der Waals surface area contributed by atoms with Gasteiger partial charge in [0.1, 0.15) is 11.3 Å². The van der Waals surface area contributed by atoms with Gasteiger partial charge in [-0.1, -0.05) is 35.9 Å². The Labute approximate surface area is 116 Å². The van der Waals surface area contributed by atoms with Crippen LogP contribution in [0, 0.1) is 6.92 Å². The number of benzene rings is 2. The Morgan fingerprint density at radius 3 is 2.60 bits per heavy atom. The summed E-state index contributed by atoms with van der Waals surface area (Å²) in [6.45, 7) is 2.05. The van der Waals surface area contributed by atoms with Crippen LogP contribution in [0.25, 0.3) is 22.0 Å². The molecule has 0 bridgehead atoms. The molecule has 2 aromatic carbocycles. The summed E-state index contributed by atoms with van der Waals surface area (Å²) in [5.74, 6) is -0.961. The van der Waals surface area contributed by atoms with Crippen LogP contribution in [0.1, 0.15) is 15.9 Å². The number of fused-ring (bicyclic) bond motifs is 1. The molecule has 0 saturated carbocycles. The van der Waals surface area contributed by atoms with Gasteiger partial charge in [-0.2, -0.15) is 5.10 Å². The van der Waals surface area contributed by atoms with Gasteiger partial charge in [0, 0.05) is 18.8 Å². The minimum absolute atomic E-state index is 0.221. The molecule has 0 saturated heterocycles. The fraction of sp³-hybridized carbons (Fsp3) is 0.125. The molecule has 1 aromatic heterocycles. The van der Waals surface area contributed by atoms with Gasteiger partial charge in [0.2, 0.25) is 0 Å². The van der Waals surface area contributed by atoms with E-state index in [2.05, 4.69) is 18.1 Å². The van der Waals surface area contributed by atoms with Crippen molar-refractivity contribution in [3.63, 3.8) is 0 Å². The number of rotatable bonds is 2. The van der Waals surface area contributed by atoms with Crippen molar-refractivity contribution in [1.29, 1.82) is 0 Å². The normalized spacial score (nSPS) is 10.9. The number of hydrogen-bond acceptors (Lipinski definition) is 2. The van der Waals surface area contributed by atoms with E-state index in [1.807, 2.05) is 30.3 Å². The zero-order valence-corrected chi connectivity index (χ0v) is 11.3. The van der Waals surface area contributed by atoms with Gasteiger partial charge in [-0.05, 0) is 23.8 Å². The third kappa shape index (κ3) is 2.05. The van der Waals surface area contributed by atoms with E-state index >= 15 is 0 Å². The average Bonchev–Trinajstić information content (AvgIpc) is 2.80. The predicted octanol–water partition coefficient (Wildman–Crippen LogP) is 3.25. The number of carboxylic acids is 1. The van der Waals surface area contributed by atoms with E-state index < -0.39 is 5.97 Å². The number of aromatic carboxylic acids is 1. The van der Waals surface area contributed by atoms with Crippen LogP contribution >= 0.6 is 0 Å². The number of hydrogen-bond donors (Lipinski definition) is 1. The van der Waals surface area contributed by atoms with Crippen LogP contribution in [0.15, 0.2) is 42.6 Å². The van der Waals surface area contributed by atoms with Crippen molar-refractivity contribution in [1.82, 2.24) is 9.78 Å². The van der Waals surface area contributed by atoms with Crippen molar-refractivity contribution < 1.29 is 9.90 Å².